The maximum Gasteiger partial charge on any atom is 0.227 e. The van der Waals surface area contributed by atoms with Gasteiger partial charge in [-0.3, -0.25) is 4.79 Å². The van der Waals surface area contributed by atoms with Gasteiger partial charge in [-0.1, -0.05) is 6.92 Å². The number of rotatable bonds is 1. The topological polar surface area (TPSA) is 20.3 Å². The summed E-state index contributed by atoms with van der Waals surface area (Å²) in [5.74, 6) is 0.625. The van der Waals surface area contributed by atoms with Gasteiger partial charge in [-0.15, -0.1) is 0 Å². The summed E-state index contributed by atoms with van der Waals surface area (Å²) in [4.78, 5) is 12.7. The Bertz CT molecular complexity index is 133. The highest BCUT2D eigenvalue weighted by Gasteiger charge is 2.39. The van der Waals surface area contributed by atoms with Gasteiger partial charge in [0.05, 0.1) is 5.92 Å². The molecule has 1 amide bonds. The van der Waals surface area contributed by atoms with Crippen LogP contribution in [0, 0.1) is 5.92 Å². The van der Waals surface area contributed by atoms with Crippen LogP contribution < -0.4 is 0 Å². The number of hydrogen-bond acceptors (Lipinski definition) is 1. The minimum absolute atomic E-state index is 0.310. The fraction of sp³-hybridized carbons (Fsp3) is 0.857. The molecule has 52 valence electrons. The summed E-state index contributed by atoms with van der Waals surface area (Å²) in [5.41, 5.74) is 0. The first-order valence-electron chi connectivity index (χ1n) is 3.45. The molecule has 0 bridgehead atoms. The molecule has 0 spiro atoms. The zero-order valence-corrected chi connectivity index (χ0v) is 6.22. The van der Waals surface area contributed by atoms with Gasteiger partial charge in [0.25, 0.3) is 0 Å². The smallest absolute Gasteiger partial charge is 0.227 e. The SMILES string of the molecule is CC[C@H]1C(=O)N(C)[C@H]1C. The highest BCUT2D eigenvalue weighted by atomic mass is 16.2. The van der Waals surface area contributed by atoms with Crippen molar-refractivity contribution in [3.05, 3.63) is 0 Å². The lowest BCUT2D eigenvalue weighted by molar-refractivity contribution is -0.152. The van der Waals surface area contributed by atoms with Crippen LogP contribution in [-0.4, -0.2) is 23.9 Å². The number of β-lactam (4-membered cyclic amide) rings is 1. The normalized spacial score (nSPS) is 34.6. The van der Waals surface area contributed by atoms with Gasteiger partial charge in [-0.05, 0) is 13.3 Å². The molecule has 0 aromatic heterocycles. The maximum absolute atomic E-state index is 10.9. The van der Waals surface area contributed by atoms with Crippen molar-refractivity contribution >= 4 is 5.91 Å². The van der Waals surface area contributed by atoms with E-state index in [1.807, 2.05) is 7.05 Å². The Balaban J connectivity index is 2.51. The van der Waals surface area contributed by atoms with Gasteiger partial charge in [0.2, 0.25) is 5.91 Å². The van der Waals surface area contributed by atoms with Gasteiger partial charge < -0.3 is 4.90 Å². The molecule has 0 aromatic rings. The van der Waals surface area contributed by atoms with E-state index in [-0.39, 0.29) is 0 Å². The molecule has 1 fully saturated rings. The third-order valence-corrected chi connectivity index (χ3v) is 2.30. The average molecular weight is 127 g/mol. The zero-order chi connectivity index (χ0) is 7.02. The van der Waals surface area contributed by atoms with Crippen LogP contribution in [0.4, 0.5) is 0 Å². The van der Waals surface area contributed by atoms with Crippen LogP contribution in [0.3, 0.4) is 0 Å². The minimum atomic E-state index is 0.310. The first-order valence-corrected chi connectivity index (χ1v) is 3.45. The highest BCUT2D eigenvalue weighted by Crippen LogP contribution is 2.26. The molecular formula is C7H13NO. The largest absolute Gasteiger partial charge is 0.342 e. The first kappa shape index (κ1) is 6.59. The fourth-order valence-corrected chi connectivity index (χ4v) is 1.37. The van der Waals surface area contributed by atoms with Crippen LogP contribution in [0.25, 0.3) is 0 Å². The second-order valence-corrected chi connectivity index (χ2v) is 2.70. The summed E-state index contributed by atoms with van der Waals surface area (Å²) < 4.78 is 0. The predicted octanol–water partition coefficient (Wildman–Crippen LogP) is 0.873. The Morgan fingerprint density at radius 3 is 2.44 bits per heavy atom. The van der Waals surface area contributed by atoms with E-state index in [9.17, 15) is 4.79 Å². The summed E-state index contributed by atoms with van der Waals surface area (Å²) in [7, 11) is 1.86. The van der Waals surface area contributed by atoms with E-state index in [1.165, 1.54) is 0 Å². The summed E-state index contributed by atoms with van der Waals surface area (Å²) in [6, 6.07) is 0.475. The van der Waals surface area contributed by atoms with Crippen molar-refractivity contribution in [1.29, 1.82) is 0 Å². The van der Waals surface area contributed by atoms with E-state index < -0.39 is 0 Å². The van der Waals surface area contributed by atoms with Crippen LogP contribution >= 0.6 is 0 Å². The van der Waals surface area contributed by atoms with Crippen LogP contribution in [0.5, 0.6) is 0 Å². The summed E-state index contributed by atoms with van der Waals surface area (Å²) in [5, 5.41) is 0. The molecule has 2 nitrogen and oxygen atoms in total. The van der Waals surface area contributed by atoms with Gasteiger partial charge in [-0.2, -0.15) is 0 Å². The quantitative estimate of drug-likeness (QED) is 0.479. The standard InChI is InChI=1S/C7H13NO/c1-4-6-5(2)8(3)7(6)9/h5-6H,4H2,1-3H3/t5-,6+/m0/s1. The van der Waals surface area contributed by atoms with E-state index in [0.29, 0.717) is 17.9 Å². The Hall–Kier alpha value is -0.530. The zero-order valence-electron chi connectivity index (χ0n) is 6.22. The van der Waals surface area contributed by atoms with Crippen molar-refractivity contribution in [2.45, 2.75) is 26.3 Å². The molecule has 1 aliphatic heterocycles. The molecule has 0 saturated carbocycles. The molecule has 2 atom stereocenters. The number of carbonyl (C=O) groups excluding carboxylic acids is 1. The summed E-state index contributed by atoms with van der Waals surface area (Å²) in [6.07, 6.45) is 0.990. The van der Waals surface area contributed by atoms with E-state index in [1.54, 1.807) is 4.90 Å². The Morgan fingerprint density at radius 1 is 1.67 bits per heavy atom. The minimum Gasteiger partial charge on any atom is -0.342 e. The van der Waals surface area contributed by atoms with Gasteiger partial charge in [0, 0.05) is 13.1 Å². The van der Waals surface area contributed by atoms with Crippen molar-refractivity contribution in [1.82, 2.24) is 4.90 Å². The first-order chi connectivity index (χ1) is 4.18. The molecule has 0 radical (unpaired) electrons. The summed E-state index contributed by atoms with van der Waals surface area (Å²) in [6.45, 7) is 4.15. The van der Waals surface area contributed by atoms with Crippen molar-refractivity contribution in [3.8, 4) is 0 Å². The maximum atomic E-state index is 10.9. The van der Waals surface area contributed by atoms with Crippen LogP contribution in [0.15, 0.2) is 0 Å². The number of hydrogen-bond donors (Lipinski definition) is 0. The summed E-state index contributed by atoms with van der Waals surface area (Å²) >= 11 is 0. The molecular weight excluding hydrogens is 114 g/mol. The highest BCUT2D eigenvalue weighted by molar-refractivity contribution is 5.85. The van der Waals surface area contributed by atoms with Gasteiger partial charge in [0.1, 0.15) is 0 Å². The number of nitrogens with zero attached hydrogens (tertiary/aromatic N) is 1. The van der Waals surface area contributed by atoms with Gasteiger partial charge >= 0.3 is 0 Å². The van der Waals surface area contributed by atoms with Crippen LogP contribution in [0.1, 0.15) is 20.3 Å². The molecule has 0 unspecified atom stereocenters. The molecule has 1 heterocycles. The molecule has 1 saturated heterocycles. The van der Waals surface area contributed by atoms with Gasteiger partial charge in [0.15, 0.2) is 0 Å². The van der Waals surface area contributed by atoms with Gasteiger partial charge in [-0.25, -0.2) is 0 Å². The molecule has 0 aromatic carbocycles. The number of carbonyl (C=O) groups is 1. The third kappa shape index (κ3) is 0.732. The van der Waals surface area contributed by atoms with E-state index in [0.717, 1.165) is 6.42 Å². The van der Waals surface area contributed by atoms with Crippen LogP contribution in [0.2, 0.25) is 0 Å². The molecule has 1 aliphatic rings. The lowest BCUT2D eigenvalue weighted by atomic mass is 9.87. The number of amides is 1. The van der Waals surface area contributed by atoms with E-state index in [4.69, 9.17) is 0 Å². The second-order valence-electron chi connectivity index (χ2n) is 2.70. The lowest BCUT2D eigenvalue weighted by Crippen LogP contribution is -2.56. The van der Waals surface area contributed by atoms with E-state index >= 15 is 0 Å². The van der Waals surface area contributed by atoms with Crippen molar-refractivity contribution in [2.75, 3.05) is 7.05 Å². The fourth-order valence-electron chi connectivity index (χ4n) is 1.37. The lowest BCUT2D eigenvalue weighted by Gasteiger charge is -2.42. The van der Waals surface area contributed by atoms with Crippen molar-refractivity contribution in [2.24, 2.45) is 5.92 Å². The predicted molar refractivity (Wildman–Crippen MR) is 36.0 cm³/mol. The molecule has 1 rings (SSSR count). The molecule has 2 heteroatoms. The molecule has 0 N–H and O–H groups in total. The van der Waals surface area contributed by atoms with E-state index in [2.05, 4.69) is 13.8 Å². The average Bonchev–Trinajstić information content (AvgIpc) is 1.89. The Labute approximate surface area is 55.8 Å². The number of likely N-dealkylation sites (tertiary alicyclic amines) is 1. The Morgan fingerprint density at radius 2 is 2.22 bits per heavy atom. The molecule has 9 heavy (non-hydrogen) atoms. The Kier molecular flexibility index (Phi) is 1.47. The third-order valence-electron chi connectivity index (χ3n) is 2.30. The van der Waals surface area contributed by atoms with Crippen LogP contribution in [-0.2, 0) is 4.79 Å². The van der Waals surface area contributed by atoms with Crippen molar-refractivity contribution in [3.63, 3.8) is 0 Å². The monoisotopic (exact) mass is 127 g/mol. The molecule has 0 aliphatic carbocycles. The second kappa shape index (κ2) is 2.01. The van der Waals surface area contributed by atoms with Crippen molar-refractivity contribution < 1.29 is 4.79 Å².